The van der Waals surface area contributed by atoms with Crippen LogP contribution in [0.5, 0.6) is 0 Å². The zero-order valence-electron chi connectivity index (χ0n) is 16.8. The van der Waals surface area contributed by atoms with Crippen LogP contribution in [0, 0.1) is 5.92 Å². The van der Waals surface area contributed by atoms with Crippen molar-refractivity contribution in [2.75, 3.05) is 13.2 Å². The Morgan fingerprint density at radius 1 is 1.04 bits per heavy atom. The summed E-state index contributed by atoms with van der Waals surface area (Å²) in [4.78, 5) is 35.7. The van der Waals surface area contributed by atoms with Crippen LogP contribution < -0.4 is 5.32 Å². The van der Waals surface area contributed by atoms with Crippen LogP contribution in [-0.2, 0) is 23.9 Å². The molecule has 1 atom stereocenters. The van der Waals surface area contributed by atoms with Gasteiger partial charge in [-0.25, -0.2) is 9.59 Å². The highest BCUT2D eigenvalue weighted by Crippen LogP contribution is 2.24. The van der Waals surface area contributed by atoms with Gasteiger partial charge >= 0.3 is 11.9 Å². The standard InChI is InChI=1S/C22H31NO5/c1-4-6-8-11-17(3)19(23-22(26)18-12-9-7-10-13-18)16-28-21(25)15-14-20(24)27-5-2/h4,6,8,11,14-15,18-19H,3,5,7,9-10,12-13,16H2,1-2H3,(H,23,26)/b6-4-,11-8-,15-14+/t19-/m1/s1. The molecule has 0 spiro atoms. The first kappa shape index (κ1) is 23.4. The largest absolute Gasteiger partial charge is 0.463 e. The quantitative estimate of drug-likeness (QED) is 0.352. The average Bonchev–Trinajstić information content (AvgIpc) is 2.70. The number of esters is 2. The fourth-order valence-corrected chi connectivity index (χ4v) is 2.84. The molecule has 28 heavy (non-hydrogen) atoms. The van der Waals surface area contributed by atoms with E-state index in [1.54, 1.807) is 13.0 Å². The Bertz CT molecular complexity index is 627. The summed E-state index contributed by atoms with van der Waals surface area (Å²) in [6.45, 7) is 7.72. The third-order valence-electron chi connectivity index (χ3n) is 4.39. The van der Waals surface area contributed by atoms with Crippen molar-refractivity contribution in [1.29, 1.82) is 0 Å². The van der Waals surface area contributed by atoms with Crippen molar-refractivity contribution in [3.05, 3.63) is 48.6 Å². The van der Waals surface area contributed by atoms with E-state index in [-0.39, 0.29) is 25.0 Å². The summed E-state index contributed by atoms with van der Waals surface area (Å²) in [5.74, 6) is -1.35. The molecule has 0 aromatic carbocycles. The number of rotatable bonds is 10. The summed E-state index contributed by atoms with van der Waals surface area (Å²) in [6, 6.07) is -0.532. The molecule has 1 rings (SSSR count). The fourth-order valence-electron chi connectivity index (χ4n) is 2.84. The van der Waals surface area contributed by atoms with Crippen LogP contribution in [-0.4, -0.2) is 37.1 Å². The maximum Gasteiger partial charge on any atom is 0.331 e. The predicted molar refractivity (Wildman–Crippen MR) is 108 cm³/mol. The molecule has 0 unspecified atom stereocenters. The summed E-state index contributed by atoms with van der Waals surface area (Å²) < 4.78 is 9.90. The minimum Gasteiger partial charge on any atom is -0.463 e. The molecule has 1 aliphatic rings. The third-order valence-corrected chi connectivity index (χ3v) is 4.39. The number of hydrogen-bond acceptors (Lipinski definition) is 5. The highest BCUT2D eigenvalue weighted by atomic mass is 16.5. The van der Waals surface area contributed by atoms with E-state index in [0.29, 0.717) is 5.57 Å². The zero-order valence-corrected chi connectivity index (χ0v) is 16.8. The molecule has 1 fully saturated rings. The molecule has 6 nitrogen and oxygen atoms in total. The van der Waals surface area contributed by atoms with Crippen molar-refractivity contribution in [2.45, 2.75) is 52.0 Å². The molecule has 6 heteroatoms. The summed E-state index contributed by atoms with van der Waals surface area (Å²) >= 11 is 0. The Morgan fingerprint density at radius 3 is 2.29 bits per heavy atom. The molecule has 0 radical (unpaired) electrons. The molecular formula is C22H31NO5. The highest BCUT2D eigenvalue weighted by molar-refractivity contribution is 5.91. The summed E-state index contributed by atoms with van der Waals surface area (Å²) in [6.07, 6.45) is 14.4. The van der Waals surface area contributed by atoms with Crippen molar-refractivity contribution in [2.24, 2.45) is 5.92 Å². The van der Waals surface area contributed by atoms with Gasteiger partial charge < -0.3 is 14.8 Å². The highest BCUT2D eigenvalue weighted by Gasteiger charge is 2.24. The van der Waals surface area contributed by atoms with E-state index in [9.17, 15) is 14.4 Å². The predicted octanol–water partition coefficient (Wildman–Crippen LogP) is 3.40. The molecule has 154 valence electrons. The van der Waals surface area contributed by atoms with Gasteiger partial charge in [-0.15, -0.1) is 0 Å². The van der Waals surface area contributed by atoms with Gasteiger partial charge in [0.15, 0.2) is 0 Å². The maximum absolute atomic E-state index is 12.6. The molecule has 1 amide bonds. The molecule has 0 bridgehead atoms. The second-order valence-electron chi connectivity index (χ2n) is 6.57. The lowest BCUT2D eigenvalue weighted by Gasteiger charge is -2.25. The Hall–Kier alpha value is -2.63. The van der Waals surface area contributed by atoms with Crippen molar-refractivity contribution in [3.63, 3.8) is 0 Å². The Kier molecular flexibility index (Phi) is 11.3. The second-order valence-corrected chi connectivity index (χ2v) is 6.57. The molecule has 0 aromatic heterocycles. The van der Waals surface area contributed by atoms with Crippen LogP contribution >= 0.6 is 0 Å². The summed E-state index contributed by atoms with van der Waals surface area (Å²) in [7, 11) is 0. The maximum atomic E-state index is 12.6. The van der Waals surface area contributed by atoms with Crippen LogP contribution in [0.15, 0.2) is 48.6 Å². The van der Waals surface area contributed by atoms with E-state index in [0.717, 1.165) is 44.3 Å². The van der Waals surface area contributed by atoms with Gasteiger partial charge in [0.1, 0.15) is 6.61 Å². The number of hydrogen-bond donors (Lipinski definition) is 1. The van der Waals surface area contributed by atoms with Gasteiger partial charge in [0.2, 0.25) is 5.91 Å². The van der Waals surface area contributed by atoms with Crippen molar-refractivity contribution < 1.29 is 23.9 Å². The van der Waals surface area contributed by atoms with Crippen molar-refractivity contribution in [1.82, 2.24) is 5.32 Å². The Balaban J connectivity index is 2.68. The van der Waals surface area contributed by atoms with Gasteiger partial charge in [-0.3, -0.25) is 4.79 Å². The number of ether oxygens (including phenoxy) is 2. The van der Waals surface area contributed by atoms with Crippen LogP contribution in [0.4, 0.5) is 0 Å². The van der Waals surface area contributed by atoms with Gasteiger partial charge in [0.25, 0.3) is 0 Å². The molecule has 1 N–H and O–H groups in total. The van der Waals surface area contributed by atoms with Crippen LogP contribution in [0.25, 0.3) is 0 Å². The minimum atomic E-state index is -0.685. The fraction of sp³-hybridized carbons (Fsp3) is 0.500. The Morgan fingerprint density at radius 2 is 1.68 bits per heavy atom. The number of nitrogens with one attached hydrogen (secondary N) is 1. The molecule has 1 aliphatic carbocycles. The molecule has 0 saturated heterocycles. The first-order valence-electron chi connectivity index (χ1n) is 9.78. The van der Waals surface area contributed by atoms with Gasteiger partial charge in [-0.1, -0.05) is 50.1 Å². The van der Waals surface area contributed by atoms with E-state index in [1.807, 2.05) is 25.2 Å². The number of amides is 1. The molecule has 0 heterocycles. The Labute approximate surface area is 167 Å². The van der Waals surface area contributed by atoms with Crippen molar-refractivity contribution in [3.8, 4) is 0 Å². The molecular weight excluding hydrogens is 358 g/mol. The van der Waals surface area contributed by atoms with Crippen molar-refractivity contribution >= 4 is 17.8 Å². The second kappa shape index (κ2) is 13.5. The SMILES string of the molecule is C=C(/C=C\C=C/C)[C@@H](COC(=O)/C=C/C(=O)OCC)NC(=O)C1CCCCC1. The number of carbonyl (C=O) groups excluding carboxylic acids is 3. The molecule has 1 saturated carbocycles. The van der Waals surface area contributed by atoms with Gasteiger partial charge in [0.05, 0.1) is 12.6 Å². The zero-order chi connectivity index (χ0) is 20.8. The number of allylic oxidation sites excluding steroid dienone is 3. The summed E-state index contributed by atoms with van der Waals surface area (Å²) in [5.41, 5.74) is 0.629. The number of carbonyl (C=O) groups is 3. The third kappa shape index (κ3) is 9.35. The molecule has 0 aliphatic heterocycles. The van der Waals surface area contributed by atoms with Gasteiger partial charge in [0, 0.05) is 18.1 Å². The monoisotopic (exact) mass is 389 g/mol. The summed E-state index contributed by atoms with van der Waals surface area (Å²) in [5, 5.41) is 2.95. The lowest BCUT2D eigenvalue weighted by Crippen LogP contribution is -2.43. The van der Waals surface area contributed by atoms with E-state index < -0.39 is 18.0 Å². The van der Waals surface area contributed by atoms with Gasteiger partial charge in [-0.2, -0.15) is 0 Å². The topological polar surface area (TPSA) is 81.7 Å². The molecule has 0 aromatic rings. The van der Waals surface area contributed by atoms with Gasteiger partial charge in [-0.05, 0) is 32.3 Å². The lowest BCUT2D eigenvalue weighted by atomic mass is 9.88. The van der Waals surface area contributed by atoms with E-state index >= 15 is 0 Å². The minimum absolute atomic E-state index is 0.0111. The van der Waals surface area contributed by atoms with E-state index in [2.05, 4.69) is 11.9 Å². The van der Waals surface area contributed by atoms with Crippen LogP contribution in [0.2, 0.25) is 0 Å². The normalized spacial score (nSPS) is 16.4. The average molecular weight is 389 g/mol. The first-order valence-corrected chi connectivity index (χ1v) is 9.78. The van der Waals surface area contributed by atoms with E-state index in [1.165, 1.54) is 0 Å². The van der Waals surface area contributed by atoms with Crippen LogP contribution in [0.3, 0.4) is 0 Å². The van der Waals surface area contributed by atoms with Crippen LogP contribution in [0.1, 0.15) is 46.0 Å². The first-order chi connectivity index (χ1) is 13.5. The van der Waals surface area contributed by atoms with E-state index in [4.69, 9.17) is 9.47 Å². The lowest BCUT2D eigenvalue weighted by molar-refractivity contribution is -0.141. The smallest absolute Gasteiger partial charge is 0.331 e.